The van der Waals surface area contributed by atoms with Gasteiger partial charge in [-0.1, -0.05) is 23.4 Å². The van der Waals surface area contributed by atoms with Crippen molar-refractivity contribution >= 4 is 16.7 Å². The van der Waals surface area contributed by atoms with Crippen LogP contribution in [0.1, 0.15) is 6.42 Å². The van der Waals surface area contributed by atoms with E-state index >= 15 is 0 Å². The first-order valence-electron chi connectivity index (χ1n) is 9.59. The molecule has 3 aromatic carbocycles. The summed E-state index contributed by atoms with van der Waals surface area (Å²) in [7, 11) is 0. The van der Waals surface area contributed by atoms with E-state index in [4.69, 9.17) is 4.74 Å². The monoisotopic (exact) mass is 408 g/mol. The Hall–Kier alpha value is -3.68. The molecule has 152 valence electrons. The zero-order valence-corrected chi connectivity index (χ0v) is 15.9. The Bertz CT molecular complexity index is 1200. The summed E-state index contributed by atoms with van der Waals surface area (Å²) >= 11 is 0. The number of nitrogens with zero attached hydrogens (tertiary/aromatic N) is 4. The first-order valence-corrected chi connectivity index (χ1v) is 9.59. The summed E-state index contributed by atoms with van der Waals surface area (Å²) in [5.41, 5.74) is 1.53. The van der Waals surface area contributed by atoms with Gasteiger partial charge in [0.15, 0.2) is 17.4 Å². The van der Waals surface area contributed by atoms with E-state index in [9.17, 15) is 13.9 Å². The van der Waals surface area contributed by atoms with Gasteiger partial charge >= 0.3 is 0 Å². The second-order valence-electron chi connectivity index (χ2n) is 7.19. The third-order valence-corrected chi connectivity index (χ3v) is 5.25. The highest BCUT2D eigenvalue weighted by atomic mass is 19.1. The highest BCUT2D eigenvalue weighted by Crippen LogP contribution is 2.30. The van der Waals surface area contributed by atoms with Crippen molar-refractivity contribution in [3.63, 3.8) is 0 Å². The van der Waals surface area contributed by atoms with Gasteiger partial charge in [-0.2, -0.15) is 0 Å². The number of anilines is 1. The van der Waals surface area contributed by atoms with E-state index in [1.165, 1.54) is 4.68 Å². The Balaban J connectivity index is 1.35. The summed E-state index contributed by atoms with van der Waals surface area (Å²) in [6.45, 7) is 1.63. The van der Waals surface area contributed by atoms with Crippen LogP contribution >= 0.6 is 0 Å². The topological polar surface area (TPSA) is 63.4 Å². The van der Waals surface area contributed by atoms with E-state index in [1.807, 2.05) is 42.5 Å². The maximum absolute atomic E-state index is 14.4. The molecule has 1 aromatic heterocycles. The minimum Gasteiger partial charge on any atom is -0.503 e. The zero-order valence-electron chi connectivity index (χ0n) is 15.9. The summed E-state index contributed by atoms with van der Waals surface area (Å²) in [5.74, 6) is -2.33. The molecular weight excluding hydrogens is 390 g/mol. The van der Waals surface area contributed by atoms with Crippen molar-refractivity contribution in [1.29, 1.82) is 0 Å². The van der Waals surface area contributed by atoms with E-state index in [1.54, 1.807) is 12.1 Å². The largest absolute Gasteiger partial charge is 0.503 e. The lowest BCUT2D eigenvalue weighted by atomic mass is 10.2. The van der Waals surface area contributed by atoms with Gasteiger partial charge in [-0.15, -0.1) is 5.10 Å². The van der Waals surface area contributed by atoms with Crippen molar-refractivity contribution in [2.75, 3.05) is 18.0 Å². The third-order valence-electron chi connectivity index (χ3n) is 5.25. The summed E-state index contributed by atoms with van der Waals surface area (Å²) in [6.07, 6.45) is 1.03. The van der Waals surface area contributed by atoms with Crippen LogP contribution in [0.25, 0.3) is 16.7 Å². The number of aromatic hydroxyl groups is 1. The lowest BCUT2D eigenvalue weighted by Gasteiger charge is -2.19. The number of rotatable bonds is 4. The van der Waals surface area contributed by atoms with Crippen LogP contribution in [-0.2, 0) is 0 Å². The van der Waals surface area contributed by atoms with Crippen LogP contribution in [-0.4, -0.2) is 39.3 Å². The van der Waals surface area contributed by atoms with Crippen LogP contribution in [0.4, 0.5) is 14.5 Å². The van der Waals surface area contributed by atoms with Gasteiger partial charge in [0.25, 0.3) is 0 Å². The minimum absolute atomic E-state index is 0.0346. The van der Waals surface area contributed by atoms with Gasteiger partial charge < -0.3 is 14.7 Å². The molecule has 6 nitrogen and oxygen atoms in total. The number of ether oxygens (including phenoxy) is 1. The average Bonchev–Trinajstić information content (AvgIpc) is 3.40. The number of benzene rings is 3. The van der Waals surface area contributed by atoms with E-state index in [0.717, 1.165) is 37.0 Å². The van der Waals surface area contributed by atoms with Crippen molar-refractivity contribution in [1.82, 2.24) is 15.0 Å². The molecule has 0 aliphatic carbocycles. The molecule has 8 heteroatoms. The predicted octanol–water partition coefficient (Wildman–Crippen LogP) is 4.06. The van der Waals surface area contributed by atoms with Gasteiger partial charge in [0.05, 0.1) is 12.2 Å². The van der Waals surface area contributed by atoms with Crippen LogP contribution in [0, 0.1) is 11.6 Å². The van der Waals surface area contributed by atoms with Crippen molar-refractivity contribution in [2.45, 2.75) is 12.5 Å². The molecule has 1 atom stereocenters. The fourth-order valence-corrected chi connectivity index (χ4v) is 3.74. The number of fused-ring (bicyclic) bond motifs is 1. The van der Waals surface area contributed by atoms with Crippen molar-refractivity contribution in [2.24, 2.45) is 0 Å². The summed E-state index contributed by atoms with van der Waals surface area (Å²) in [6, 6.07) is 18.1. The maximum Gasteiger partial charge on any atom is 0.195 e. The quantitative estimate of drug-likeness (QED) is 0.552. The third kappa shape index (κ3) is 3.20. The molecule has 1 fully saturated rings. The minimum atomic E-state index is -1.08. The summed E-state index contributed by atoms with van der Waals surface area (Å²) in [5, 5.41) is 17.3. The van der Waals surface area contributed by atoms with Crippen LogP contribution in [0.15, 0.2) is 60.7 Å². The van der Waals surface area contributed by atoms with Gasteiger partial charge in [-0.25, -0.2) is 13.5 Å². The molecule has 0 radical (unpaired) electrons. The molecule has 0 amide bonds. The van der Waals surface area contributed by atoms with E-state index in [2.05, 4.69) is 15.2 Å². The molecule has 1 N–H and O–H groups in total. The van der Waals surface area contributed by atoms with Crippen LogP contribution in [0.2, 0.25) is 0 Å². The fraction of sp³-hybridized carbons (Fsp3) is 0.182. The highest BCUT2D eigenvalue weighted by molar-refractivity contribution is 5.79. The SMILES string of the molecule is Oc1c(F)cc2nnn(-c3ccc(N4CC[C@@H](Oc5ccccc5)C4)cc3)c2c1F. The number of halogens is 2. The van der Waals surface area contributed by atoms with Crippen molar-refractivity contribution in [3.8, 4) is 17.2 Å². The van der Waals surface area contributed by atoms with E-state index in [0.29, 0.717) is 5.69 Å². The lowest BCUT2D eigenvalue weighted by molar-refractivity contribution is 0.225. The van der Waals surface area contributed by atoms with Gasteiger partial charge in [0, 0.05) is 24.7 Å². The number of hydrogen-bond donors (Lipinski definition) is 1. The molecule has 1 aliphatic heterocycles. The fourth-order valence-electron chi connectivity index (χ4n) is 3.74. The number of phenols is 1. The molecule has 2 heterocycles. The van der Waals surface area contributed by atoms with Gasteiger partial charge in [-0.3, -0.25) is 0 Å². The van der Waals surface area contributed by atoms with Crippen molar-refractivity contribution < 1.29 is 18.6 Å². The van der Waals surface area contributed by atoms with Crippen LogP contribution in [0.5, 0.6) is 11.5 Å². The van der Waals surface area contributed by atoms with Crippen LogP contribution in [0.3, 0.4) is 0 Å². The number of para-hydroxylation sites is 1. The standard InChI is InChI=1S/C22H18F2N4O2/c23-18-12-19-21(20(24)22(18)29)28(26-25-19)15-8-6-14(7-9-15)27-11-10-17(13-27)30-16-4-2-1-3-5-16/h1-9,12,17,29H,10-11,13H2/t17-/m1/s1. The zero-order chi connectivity index (χ0) is 20.7. The first kappa shape index (κ1) is 18.4. The Morgan fingerprint density at radius 3 is 2.50 bits per heavy atom. The van der Waals surface area contributed by atoms with Gasteiger partial charge in [-0.05, 0) is 36.4 Å². The Morgan fingerprint density at radius 2 is 1.73 bits per heavy atom. The molecule has 4 aromatic rings. The molecule has 0 saturated carbocycles. The molecular formula is C22H18F2N4O2. The smallest absolute Gasteiger partial charge is 0.195 e. The van der Waals surface area contributed by atoms with E-state index in [-0.39, 0.29) is 17.1 Å². The van der Waals surface area contributed by atoms with Gasteiger partial charge in [0.1, 0.15) is 22.9 Å². The molecule has 0 unspecified atom stereocenters. The number of hydrogen-bond acceptors (Lipinski definition) is 5. The molecule has 30 heavy (non-hydrogen) atoms. The predicted molar refractivity (Wildman–Crippen MR) is 108 cm³/mol. The van der Waals surface area contributed by atoms with Crippen molar-refractivity contribution in [3.05, 3.63) is 72.3 Å². The van der Waals surface area contributed by atoms with Crippen LogP contribution < -0.4 is 9.64 Å². The Morgan fingerprint density at radius 1 is 1.00 bits per heavy atom. The molecule has 0 spiro atoms. The molecule has 0 bridgehead atoms. The lowest BCUT2D eigenvalue weighted by Crippen LogP contribution is -2.24. The van der Waals surface area contributed by atoms with E-state index < -0.39 is 17.4 Å². The number of aromatic nitrogens is 3. The summed E-state index contributed by atoms with van der Waals surface area (Å²) < 4.78 is 35.2. The normalized spacial score (nSPS) is 16.3. The first-order chi connectivity index (χ1) is 14.6. The molecule has 1 saturated heterocycles. The molecule has 5 rings (SSSR count). The molecule has 1 aliphatic rings. The Labute approximate surface area is 170 Å². The average molecular weight is 408 g/mol. The highest BCUT2D eigenvalue weighted by Gasteiger charge is 2.24. The number of phenolic OH excluding ortho intramolecular Hbond substituents is 1. The van der Waals surface area contributed by atoms with Gasteiger partial charge in [0.2, 0.25) is 0 Å². The Kier molecular flexibility index (Phi) is 4.46. The second kappa shape index (κ2) is 7.29. The summed E-state index contributed by atoms with van der Waals surface area (Å²) in [4.78, 5) is 2.22. The second-order valence-corrected chi connectivity index (χ2v) is 7.19. The maximum atomic E-state index is 14.4.